The summed E-state index contributed by atoms with van der Waals surface area (Å²) in [4.78, 5) is 28.5. The summed E-state index contributed by atoms with van der Waals surface area (Å²) >= 11 is 0. The number of aryl methyl sites for hydroxylation is 1. The smallest absolute Gasteiger partial charge is 0.237 e. The molecule has 9 heteroatoms. The van der Waals surface area contributed by atoms with Crippen LogP contribution in [0.2, 0.25) is 0 Å². The standard InChI is InChI=1S/C42H50FN3O4.ClH/c1-31-38-30-37(50-2)21-18-33(38)29-39(41(49)45-26-28-47)46(31)27-10-24-42(34-11-5-3-6-12-34,35-13-7-4-8-14-35)23-9-25-44-40(48)22-17-32-15-19-36(43)20-16-32;/h3-8,11-16,18-21,30-31,39,47H,9-10,17,22-29H2,1-2H3,(H,44,48)(H,45,49);1H. The average Bonchev–Trinajstić information content (AvgIpc) is 3.15. The van der Waals surface area contributed by atoms with E-state index in [1.165, 1.54) is 28.8 Å². The second-order valence-electron chi connectivity index (χ2n) is 13.2. The predicted octanol–water partition coefficient (Wildman–Crippen LogP) is 6.95. The topological polar surface area (TPSA) is 90.9 Å². The van der Waals surface area contributed by atoms with Gasteiger partial charge in [-0.25, -0.2) is 4.39 Å². The maximum Gasteiger partial charge on any atom is 0.237 e. The number of amides is 2. The van der Waals surface area contributed by atoms with Crippen LogP contribution in [0, 0.1) is 5.82 Å². The largest absolute Gasteiger partial charge is 0.497 e. The number of nitrogens with zero attached hydrogens (tertiary/aromatic N) is 1. The highest BCUT2D eigenvalue weighted by molar-refractivity contribution is 5.85. The molecule has 7 nitrogen and oxygen atoms in total. The minimum Gasteiger partial charge on any atom is -0.497 e. The first kappa shape index (κ1) is 39.5. The molecule has 1 aliphatic heterocycles. The van der Waals surface area contributed by atoms with Crippen LogP contribution >= 0.6 is 12.4 Å². The van der Waals surface area contributed by atoms with E-state index in [1.807, 2.05) is 18.2 Å². The maximum absolute atomic E-state index is 13.5. The van der Waals surface area contributed by atoms with Gasteiger partial charge in [0.1, 0.15) is 11.6 Å². The SMILES string of the molecule is COc1ccc2c(c1)C(C)N(CCCC(CCCNC(=O)CCc1ccc(F)cc1)(c1ccccc1)c1ccccc1)C(C(=O)NCCO)C2.Cl. The van der Waals surface area contributed by atoms with Gasteiger partial charge in [-0.1, -0.05) is 78.9 Å². The molecule has 4 aromatic rings. The summed E-state index contributed by atoms with van der Waals surface area (Å²) in [5.74, 6) is 0.438. The molecule has 4 aromatic carbocycles. The fourth-order valence-electron chi connectivity index (χ4n) is 7.50. The minimum atomic E-state index is -0.356. The Kier molecular flexibility index (Phi) is 15.0. The summed E-state index contributed by atoms with van der Waals surface area (Å²) in [6.07, 6.45) is 4.80. The molecule has 0 radical (unpaired) electrons. The number of carbonyl (C=O) groups is 2. The molecule has 3 N–H and O–H groups in total. The normalized spacial score (nSPS) is 15.7. The number of fused-ring (bicyclic) bond motifs is 1. The molecule has 0 fully saturated rings. The number of aliphatic hydroxyl groups excluding tert-OH is 1. The summed E-state index contributed by atoms with van der Waals surface area (Å²) in [6, 6.07) is 33.2. The molecule has 0 spiro atoms. The van der Waals surface area contributed by atoms with Gasteiger partial charge in [0.15, 0.2) is 0 Å². The van der Waals surface area contributed by atoms with Crippen molar-refractivity contribution in [2.75, 3.05) is 33.4 Å². The first-order valence-corrected chi connectivity index (χ1v) is 17.8. The Morgan fingerprint density at radius 1 is 0.882 bits per heavy atom. The van der Waals surface area contributed by atoms with Crippen LogP contribution in [-0.2, 0) is 27.8 Å². The lowest BCUT2D eigenvalue weighted by Gasteiger charge is -2.42. The molecule has 1 aliphatic rings. The summed E-state index contributed by atoms with van der Waals surface area (Å²) in [6.45, 7) is 3.54. The van der Waals surface area contributed by atoms with Crippen LogP contribution in [0.5, 0.6) is 5.75 Å². The molecule has 51 heavy (non-hydrogen) atoms. The van der Waals surface area contributed by atoms with E-state index in [1.54, 1.807) is 19.2 Å². The van der Waals surface area contributed by atoms with Crippen LogP contribution in [-0.4, -0.2) is 61.2 Å². The van der Waals surface area contributed by atoms with Crippen molar-refractivity contribution in [3.05, 3.63) is 137 Å². The van der Waals surface area contributed by atoms with E-state index >= 15 is 0 Å². The lowest BCUT2D eigenvalue weighted by atomic mass is 9.68. The minimum absolute atomic E-state index is 0. The van der Waals surface area contributed by atoms with Gasteiger partial charge >= 0.3 is 0 Å². The number of hydrogen-bond donors (Lipinski definition) is 3. The van der Waals surface area contributed by atoms with Crippen molar-refractivity contribution in [3.8, 4) is 5.75 Å². The van der Waals surface area contributed by atoms with Crippen molar-refractivity contribution in [3.63, 3.8) is 0 Å². The number of ether oxygens (including phenoxy) is 1. The van der Waals surface area contributed by atoms with Crippen LogP contribution < -0.4 is 15.4 Å². The number of halogens is 2. The number of aliphatic hydroxyl groups is 1. The molecule has 5 rings (SSSR count). The van der Waals surface area contributed by atoms with Gasteiger partial charge in [-0.3, -0.25) is 14.5 Å². The third kappa shape index (κ3) is 10.2. The zero-order chi connectivity index (χ0) is 35.3. The molecule has 1 heterocycles. The van der Waals surface area contributed by atoms with Crippen molar-refractivity contribution in [2.24, 2.45) is 0 Å². The molecular formula is C42H51ClFN3O4. The highest BCUT2D eigenvalue weighted by Crippen LogP contribution is 2.42. The fraction of sp³-hybridized carbons (Fsp3) is 0.381. The molecule has 0 aromatic heterocycles. The molecule has 2 amide bonds. The highest BCUT2D eigenvalue weighted by Gasteiger charge is 2.38. The van der Waals surface area contributed by atoms with E-state index in [-0.39, 0.29) is 60.7 Å². The monoisotopic (exact) mass is 715 g/mol. The van der Waals surface area contributed by atoms with E-state index in [4.69, 9.17) is 4.74 Å². The van der Waals surface area contributed by atoms with Crippen LogP contribution in [0.15, 0.2) is 103 Å². The van der Waals surface area contributed by atoms with E-state index in [0.29, 0.717) is 32.4 Å². The number of carbonyl (C=O) groups excluding carboxylic acids is 2. The Bertz CT molecular complexity index is 1630. The van der Waals surface area contributed by atoms with E-state index in [2.05, 4.69) is 83.1 Å². The molecule has 272 valence electrons. The van der Waals surface area contributed by atoms with Crippen molar-refractivity contribution >= 4 is 24.2 Å². The van der Waals surface area contributed by atoms with Crippen molar-refractivity contribution < 1.29 is 23.8 Å². The van der Waals surface area contributed by atoms with Gasteiger partial charge in [-0.05, 0) is 104 Å². The quantitative estimate of drug-likeness (QED) is 0.103. The molecule has 0 bridgehead atoms. The van der Waals surface area contributed by atoms with Crippen LogP contribution in [0.1, 0.15) is 72.9 Å². The van der Waals surface area contributed by atoms with Crippen molar-refractivity contribution in [1.29, 1.82) is 0 Å². The summed E-state index contributed by atoms with van der Waals surface area (Å²) < 4.78 is 18.8. The zero-order valence-corrected chi connectivity index (χ0v) is 30.5. The van der Waals surface area contributed by atoms with Gasteiger partial charge in [-0.2, -0.15) is 0 Å². The summed E-state index contributed by atoms with van der Waals surface area (Å²) in [5, 5.41) is 15.5. The maximum atomic E-state index is 13.5. The van der Waals surface area contributed by atoms with E-state index in [0.717, 1.165) is 42.6 Å². The lowest BCUT2D eigenvalue weighted by molar-refractivity contribution is -0.128. The van der Waals surface area contributed by atoms with Gasteiger partial charge < -0.3 is 20.5 Å². The third-order valence-corrected chi connectivity index (χ3v) is 10.2. The van der Waals surface area contributed by atoms with Gasteiger partial charge in [0.2, 0.25) is 11.8 Å². The zero-order valence-electron chi connectivity index (χ0n) is 29.7. The predicted molar refractivity (Wildman–Crippen MR) is 203 cm³/mol. The van der Waals surface area contributed by atoms with E-state index in [9.17, 15) is 19.1 Å². The van der Waals surface area contributed by atoms with Crippen molar-refractivity contribution in [1.82, 2.24) is 15.5 Å². The Balaban J connectivity index is 0.00000583. The molecule has 0 saturated carbocycles. The molecular weight excluding hydrogens is 665 g/mol. The number of methoxy groups -OCH3 is 1. The molecule has 0 aliphatic carbocycles. The average molecular weight is 716 g/mol. The summed E-state index contributed by atoms with van der Waals surface area (Å²) in [5.41, 5.74) is 5.40. The number of rotatable bonds is 17. The molecule has 2 unspecified atom stereocenters. The van der Waals surface area contributed by atoms with Gasteiger partial charge in [0.05, 0.1) is 19.8 Å². The molecule has 0 saturated heterocycles. The third-order valence-electron chi connectivity index (χ3n) is 10.2. The first-order chi connectivity index (χ1) is 24.3. The first-order valence-electron chi connectivity index (χ1n) is 17.8. The highest BCUT2D eigenvalue weighted by atomic mass is 35.5. The molecule has 2 atom stereocenters. The van der Waals surface area contributed by atoms with Crippen molar-refractivity contribution in [2.45, 2.75) is 69.4 Å². The van der Waals surface area contributed by atoms with Gasteiger partial charge in [0.25, 0.3) is 0 Å². The Morgan fingerprint density at radius 2 is 1.53 bits per heavy atom. The second-order valence-corrected chi connectivity index (χ2v) is 13.2. The Labute approximate surface area is 308 Å². The Morgan fingerprint density at radius 3 is 2.16 bits per heavy atom. The van der Waals surface area contributed by atoms with Crippen LogP contribution in [0.4, 0.5) is 4.39 Å². The number of benzene rings is 4. The van der Waals surface area contributed by atoms with Crippen LogP contribution in [0.25, 0.3) is 0 Å². The Hall–Kier alpha value is -4.24. The van der Waals surface area contributed by atoms with Gasteiger partial charge in [0, 0.05) is 31.0 Å². The van der Waals surface area contributed by atoms with Gasteiger partial charge in [-0.15, -0.1) is 12.4 Å². The van der Waals surface area contributed by atoms with E-state index < -0.39 is 0 Å². The summed E-state index contributed by atoms with van der Waals surface area (Å²) in [7, 11) is 1.67. The number of hydrogen-bond acceptors (Lipinski definition) is 5. The number of nitrogens with one attached hydrogen (secondary N) is 2. The lowest BCUT2D eigenvalue weighted by Crippen LogP contribution is -2.52. The van der Waals surface area contributed by atoms with Crippen LogP contribution in [0.3, 0.4) is 0 Å². The fourth-order valence-corrected chi connectivity index (χ4v) is 7.50. The second kappa shape index (κ2) is 19.4.